The van der Waals surface area contributed by atoms with Crippen molar-refractivity contribution in [2.75, 3.05) is 27.2 Å². The number of Topliss-reactive ketones (excluding diaryl/α,β-unsaturated/α-hetero) is 1. The number of ketones is 1. The minimum absolute atomic E-state index is 0.0504. The Balaban J connectivity index is 5.47. The highest BCUT2D eigenvalue weighted by Crippen LogP contribution is 2.10. The monoisotopic (exact) mass is 498 g/mol. The van der Waals surface area contributed by atoms with Gasteiger partial charge in [0, 0.05) is 40.6 Å². The Morgan fingerprint density at radius 2 is 1.60 bits per heavy atom. The molecular weight excluding hydrogens is 448 g/mol. The molecule has 3 amide bonds. The summed E-state index contributed by atoms with van der Waals surface area (Å²) in [6.45, 7) is 13.7. The van der Waals surface area contributed by atoms with Gasteiger partial charge < -0.3 is 25.6 Å². The van der Waals surface area contributed by atoms with Crippen LogP contribution in [0.4, 0.5) is 0 Å². The van der Waals surface area contributed by atoms with Crippen LogP contribution in [0.3, 0.4) is 0 Å². The minimum Gasteiger partial charge on any atom is -0.374 e. The maximum Gasteiger partial charge on any atom is 0.243 e. The SMILES string of the molecule is CCCCCC(=O)NC(C(=O)NC(CNC(CC(C)C)C(=O)C(C)OC)CN(C)C(C)=O)C(C)C. The summed E-state index contributed by atoms with van der Waals surface area (Å²) in [7, 11) is 3.17. The second kappa shape index (κ2) is 17.4. The lowest BCUT2D eigenvalue weighted by Crippen LogP contribution is -2.57. The smallest absolute Gasteiger partial charge is 0.243 e. The van der Waals surface area contributed by atoms with Crippen LogP contribution in [0.25, 0.3) is 0 Å². The minimum atomic E-state index is -0.684. The van der Waals surface area contributed by atoms with Gasteiger partial charge >= 0.3 is 0 Å². The molecule has 0 rings (SSSR count). The summed E-state index contributed by atoms with van der Waals surface area (Å²) in [4.78, 5) is 51.8. The molecule has 35 heavy (non-hydrogen) atoms. The summed E-state index contributed by atoms with van der Waals surface area (Å²) in [5.41, 5.74) is 0. The summed E-state index contributed by atoms with van der Waals surface area (Å²) in [6.07, 6.45) is 3.23. The number of nitrogens with one attached hydrogen (secondary N) is 3. The highest BCUT2D eigenvalue weighted by atomic mass is 16.5. The van der Waals surface area contributed by atoms with Gasteiger partial charge in [0.15, 0.2) is 5.78 Å². The summed E-state index contributed by atoms with van der Waals surface area (Å²) in [5.74, 6) is -0.449. The van der Waals surface area contributed by atoms with Gasteiger partial charge in [0.25, 0.3) is 0 Å². The van der Waals surface area contributed by atoms with E-state index in [1.54, 1.807) is 14.0 Å². The first-order valence-corrected chi connectivity index (χ1v) is 12.9. The van der Waals surface area contributed by atoms with Crippen LogP contribution < -0.4 is 16.0 Å². The number of carbonyl (C=O) groups is 4. The molecule has 0 aromatic rings. The molecule has 0 saturated heterocycles. The fourth-order valence-electron chi connectivity index (χ4n) is 3.68. The van der Waals surface area contributed by atoms with E-state index in [0.717, 1.165) is 19.3 Å². The Labute approximate surface area is 212 Å². The molecule has 0 heterocycles. The van der Waals surface area contributed by atoms with E-state index in [4.69, 9.17) is 4.74 Å². The zero-order valence-electron chi connectivity index (χ0n) is 23.4. The van der Waals surface area contributed by atoms with Crippen LogP contribution in [0.5, 0.6) is 0 Å². The van der Waals surface area contributed by atoms with Gasteiger partial charge in [-0.05, 0) is 31.6 Å². The average molecular weight is 499 g/mol. The Kier molecular flexibility index (Phi) is 16.4. The van der Waals surface area contributed by atoms with E-state index in [9.17, 15) is 19.2 Å². The molecule has 0 aromatic carbocycles. The maximum absolute atomic E-state index is 13.2. The van der Waals surface area contributed by atoms with Crippen molar-refractivity contribution >= 4 is 23.5 Å². The first kappa shape index (κ1) is 33.0. The van der Waals surface area contributed by atoms with Crippen LogP contribution in [0.1, 0.15) is 80.6 Å². The zero-order chi connectivity index (χ0) is 27.1. The molecule has 9 nitrogen and oxygen atoms in total. The predicted molar refractivity (Wildman–Crippen MR) is 139 cm³/mol. The van der Waals surface area contributed by atoms with Crippen molar-refractivity contribution in [3.63, 3.8) is 0 Å². The van der Waals surface area contributed by atoms with E-state index in [1.807, 2.05) is 27.7 Å². The molecule has 3 N–H and O–H groups in total. The second-order valence-electron chi connectivity index (χ2n) is 10.2. The Morgan fingerprint density at radius 1 is 0.971 bits per heavy atom. The first-order chi connectivity index (χ1) is 16.3. The highest BCUT2D eigenvalue weighted by molar-refractivity contribution is 5.88. The summed E-state index contributed by atoms with van der Waals surface area (Å²) in [5, 5.41) is 9.15. The second-order valence-corrected chi connectivity index (χ2v) is 10.2. The van der Waals surface area contributed by atoms with Gasteiger partial charge in [-0.3, -0.25) is 19.2 Å². The number of amides is 3. The van der Waals surface area contributed by atoms with Crippen molar-refractivity contribution in [1.29, 1.82) is 0 Å². The third-order valence-corrected chi connectivity index (χ3v) is 6.07. The van der Waals surface area contributed by atoms with Gasteiger partial charge in [0.1, 0.15) is 12.1 Å². The van der Waals surface area contributed by atoms with Crippen LogP contribution in [0.15, 0.2) is 0 Å². The normalized spacial score (nSPS) is 14.8. The van der Waals surface area contributed by atoms with Crippen molar-refractivity contribution in [3.8, 4) is 0 Å². The first-order valence-electron chi connectivity index (χ1n) is 12.9. The lowest BCUT2D eigenvalue weighted by atomic mass is 9.97. The molecule has 0 spiro atoms. The molecule has 0 aliphatic heterocycles. The summed E-state index contributed by atoms with van der Waals surface area (Å²) < 4.78 is 5.22. The molecule has 9 heteroatoms. The summed E-state index contributed by atoms with van der Waals surface area (Å²) in [6, 6.07) is -1.57. The van der Waals surface area contributed by atoms with Gasteiger partial charge in [-0.2, -0.15) is 0 Å². The molecule has 4 atom stereocenters. The van der Waals surface area contributed by atoms with Crippen molar-refractivity contribution < 1.29 is 23.9 Å². The van der Waals surface area contributed by atoms with E-state index in [2.05, 4.69) is 22.9 Å². The number of carbonyl (C=O) groups excluding carboxylic acids is 4. The Bertz CT molecular complexity index is 668. The van der Waals surface area contributed by atoms with Gasteiger partial charge in [-0.25, -0.2) is 0 Å². The van der Waals surface area contributed by atoms with E-state index < -0.39 is 24.2 Å². The lowest BCUT2D eigenvalue weighted by molar-refractivity contribution is -0.132. The number of unbranched alkanes of at least 4 members (excludes halogenated alkanes) is 2. The van der Waals surface area contributed by atoms with Gasteiger partial charge in [-0.1, -0.05) is 47.5 Å². The Morgan fingerprint density at radius 3 is 2.09 bits per heavy atom. The molecule has 4 unspecified atom stereocenters. The average Bonchev–Trinajstić information content (AvgIpc) is 2.78. The highest BCUT2D eigenvalue weighted by Gasteiger charge is 2.29. The zero-order valence-corrected chi connectivity index (χ0v) is 23.4. The molecule has 0 aliphatic rings. The third kappa shape index (κ3) is 13.6. The van der Waals surface area contributed by atoms with Crippen LogP contribution in [0, 0.1) is 11.8 Å². The standard InChI is InChI=1S/C26H50N4O5/c1-10-11-12-13-23(32)29-24(18(4)5)26(34)28-21(16-30(8)20(7)31)15-27-22(14-17(2)3)25(33)19(6)35-9/h17-19,21-22,24,27H,10-16H2,1-9H3,(H,28,34)(H,29,32). The van der Waals surface area contributed by atoms with Crippen molar-refractivity contribution in [3.05, 3.63) is 0 Å². The number of ether oxygens (including phenoxy) is 1. The number of likely N-dealkylation sites (N-methyl/N-ethyl adjacent to an activating group) is 1. The number of rotatable bonds is 18. The number of hydrogen-bond acceptors (Lipinski definition) is 6. The van der Waals surface area contributed by atoms with Crippen LogP contribution in [0.2, 0.25) is 0 Å². The largest absolute Gasteiger partial charge is 0.374 e. The summed E-state index contributed by atoms with van der Waals surface area (Å²) >= 11 is 0. The van der Waals surface area contributed by atoms with E-state index >= 15 is 0 Å². The molecule has 0 fully saturated rings. The quantitative estimate of drug-likeness (QED) is 0.250. The van der Waals surface area contributed by atoms with Gasteiger partial charge in [0.2, 0.25) is 17.7 Å². The predicted octanol–water partition coefficient (Wildman–Crippen LogP) is 2.28. The van der Waals surface area contributed by atoms with Crippen LogP contribution in [-0.2, 0) is 23.9 Å². The maximum atomic E-state index is 13.2. The Hall–Kier alpha value is -2.00. The lowest BCUT2D eigenvalue weighted by Gasteiger charge is -2.30. The van der Waals surface area contributed by atoms with Crippen molar-refractivity contribution in [1.82, 2.24) is 20.9 Å². The molecule has 0 aliphatic carbocycles. The van der Waals surface area contributed by atoms with E-state index in [1.165, 1.54) is 18.9 Å². The third-order valence-electron chi connectivity index (χ3n) is 6.07. The van der Waals surface area contributed by atoms with E-state index in [-0.39, 0.29) is 48.4 Å². The number of methoxy groups -OCH3 is 1. The topological polar surface area (TPSA) is 117 Å². The fourth-order valence-corrected chi connectivity index (χ4v) is 3.68. The van der Waals surface area contributed by atoms with Crippen molar-refractivity contribution in [2.24, 2.45) is 11.8 Å². The van der Waals surface area contributed by atoms with Crippen molar-refractivity contribution in [2.45, 2.75) is 105 Å². The number of nitrogens with zero attached hydrogens (tertiary/aromatic N) is 1. The number of hydrogen-bond donors (Lipinski definition) is 3. The molecule has 0 bridgehead atoms. The van der Waals surface area contributed by atoms with Gasteiger partial charge in [-0.15, -0.1) is 0 Å². The van der Waals surface area contributed by atoms with Gasteiger partial charge in [0.05, 0.1) is 12.1 Å². The molecule has 204 valence electrons. The van der Waals surface area contributed by atoms with Crippen LogP contribution in [-0.4, -0.2) is 79.9 Å². The van der Waals surface area contributed by atoms with E-state index in [0.29, 0.717) is 12.8 Å². The fraction of sp³-hybridized carbons (Fsp3) is 0.846. The molecule has 0 saturated carbocycles. The molecular formula is C26H50N4O5. The van der Waals surface area contributed by atoms with Crippen LogP contribution >= 0.6 is 0 Å². The molecule has 0 aromatic heterocycles. The molecule has 0 radical (unpaired) electrons.